The Morgan fingerprint density at radius 3 is 2.59 bits per heavy atom. The summed E-state index contributed by atoms with van der Waals surface area (Å²) in [4.78, 5) is 36.3. The van der Waals surface area contributed by atoms with E-state index >= 15 is 0 Å². The molecule has 0 radical (unpaired) electrons. The molecule has 1 fully saturated rings. The highest BCUT2D eigenvalue weighted by Crippen LogP contribution is 2.35. The van der Waals surface area contributed by atoms with Crippen LogP contribution < -0.4 is 15.6 Å². The molecule has 0 saturated carbocycles. The number of ether oxygens (including phenoxy) is 1. The summed E-state index contributed by atoms with van der Waals surface area (Å²) in [6, 6.07) is 6.34. The number of carbonyl (C=O) groups excluding carboxylic acids is 1. The van der Waals surface area contributed by atoms with Crippen LogP contribution in [-0.4, -0.2) is 44.7 Å². The maximum absolute atomic E-state index is 13.4. The molecular formula is C24H24F3N5O5. The number of nitro groups is 1. The fourth-order valence-electron chi connectivity index (χ4n) is 4.25. The third kappa shape index (κ3) is 5.49. The van der Waals surface area contributed by atoms with Gasteiger partial charge in [-0.2, -0.15) is 18.3 Å². The highest BCUT2D eigenvalue weighted by atomic mass is 19.4. The van der Waals surface area contributed by atoms with Gasteiger partial charge in [0, 0.05) is 44.5 Å². The summed E-state index contributed by atoms with van der Waals surface area (Å²) in [7, 11) is 1.44. The zero-order chi connectivity index (χ0) is 27.1. The Bertz CT molecular complexity index is 1440. The summed E-state index contributed by atoms with van der Waals surface area (Å²) in [5, 5.41) is 19.1. The quantitative estimate of drug-likeness (QED) is 0.386. The summed E-state index contributed by atoms with van der Waals surface area (Å²) >= 11 is 0. The van der Waals surface area contributed by atoms with Gasteiger partial charge in [-0.1, -0.05) is 0 Å². The van der Waals surface area contributed by atoms with Crippen LogP contribution in [0.4, 0.5) is 24.7 Å². The van der Waals surface area contributed by atoms with E-state index in [0.29, 0.717) is 42.1 Å². The van der Waals surface area contributed by atoms with Crippen molar-refractivity contribution in [1.29, 1.82) is 0 Å². The van der Waals surface area contributed by atoms with Crippen LogP contribution >= 0.6 is 0 Å². The number of rotatable bonds is 6. The summed E-state index contributed by atoms with van der Waals surface area (Å²) in [6.07, 6.45) is -4.36. The van der Waals surface area contributed by atoms with Crippen molar-refractivity contribution >= 4 is 28.2 Å². The Hall–Kier alpha value is -4.16. The van der Waals surface area contributed by atoms with Crippen LogP contribution in [0.3, 0.4) is 0 Å². The number of likely N-dealkylation sites (tertiary alicyclic amines) is 1. The lowest BCUT2D eigenvalue weighted by atomic mass is 10.0. The number of hydrogen-bond acceptors (Lipinski definition) is 7. The van der Waals surface area contributed by atoms with Crippen molar-refractivity contribution in [3.05, 3.63) is 68.0 Å². The molecule has 37 heavy (non-hydrogen) atoms. The Morgan fingerprint density at radius 2 is 1.97 bits per heavy atom. The largest absolute Gasteiger partial charge is 0.488 e. The van der Waals surface area contributed by atoms with Gasteiger partial charge in [-0.3, -0.25) is 19.7 Å². The Balaban J connectivity index is 1.69. The molecule has 1 aliphatic rings. The molecule has 0 aliphatic carbocycles. The molecule has 1 aromatic heterocycles. The number of benzene rings is 2. The smallest absolute Gasteiger partial charge is 0.416 e. The predicted molar refractivity (Wildman–Crippen MR) is 128 cm³/mol. The lowest BCUT2D eigenvalue weighted by Gasteiger charge is -2.19. The fraction of sp³-hybridized carbons (Fsp3) is 0.375. The van der Waals surface area contributed by atoms with Crippen LogP contribution in [0.5, 0.6) is 5.75 Å². The summed E-state index contributed by atoms with van der Waals surface area (Å²) in [5.41, 5.74) is -2.20. The second kappa shape index (κ2) is 9.71. The number of non-ortho nitro benzene ring substituents is 1. The normalized spacial score (nSPS) is 16.6. The summed E-state index contributed by atoms with van der Waals surface area (Å²) < 4.78 is 47.2. The van der Waals surface area contributed by atoms with Crippen LogP contribution in [0, 0.1) is 10.1 Å². The zero-order valence-corrected chi connectivity index (χ0v) is 20.2. The van der Waals surface area contributed by atoms with Gasteiger partial charge in [0.2, 0.25) is 5.91 Å². The van der Waals surface area contributed by atoms with Crippen molar-refractivity contribution in [2.75, 3.05) is 18.4 Å². The summed E-state index contributed by atoms with van der Waals surface area (Å²) in [6.45, 7) is 4.02. The van der Waals surface area contributed by atoms with Crippen molar-refractivity contribution in [3.8, 4) is 5.75 Å². The average molecular weight is 519 g/mol. The van der Waals surface area contributed by atoms with Gasteiger partial charge in [-0.15, -0.1) is 0 Å². The molecule has 13 heteroatoms. The monoisotopic (exact) mass is 519 g/mol. The number of fused-ring (bicyclic) bond motifs is 1. The lowest BCUT2D eigenvalue weighted by molar-refractivity contribution is -0.385. The number of amides is 1. The molecule has 1 aliphatic heterocycles. The Labute approximate surface area is 208 Å². The molecule has 2 aromatic carbocycles. The fourth-order valence-corrected chi connectivity index (χ4v) is 4.25. The van der Waals surface area contributed by atoms with Crippen LogP contribution in [0.15, 0.2) is 41.2 Å². The van der Waals surface area contributed by atoms with Gasteiger partial charge in [-0.25, -0.2) is 4.68 Å². The van der Waals surface area contributed by atoms with Gasteiger partial charge in [0.05, 0.1) is 28.5 Å². The van der Waals surface area contributed by atoms with Crippen molar-refractivity contribution < 1.29 is 27.6 Å². The number of aromatic nitrogens is 2. The summed E-state index contributed by atoms with van der Waals surface area (Å²) in [5.74, 6) is 0.572. The highest BCUT2D eigenvalue weighted by Gasteiger charge is 2.33. The number of aryl methyl sites for hydroxylation is 1. The van der Waals surface area contributed by atoms with E-state index < -0.39 is 34.0 Å². The van der Waals surface area contributed by atoms with Crippen molar-refractivity contribution in [2.24, 2.45) is 7.05 Å². The molecular weight excluding hydrogens is 495 g/mol. The molecule has 2 heterocycles. The SMILES string of the molecule is CC(=O)N1CCC(Oc2ccc3c(=O)n(C)nc(N[C@H](C)c4cc([N+](=O)[O-])cc(C(F)(F)F)c4)c3c2)C1. The first kappa shape index (κ1) is 25.9. The van der Waals surface area contributed by atoms with E-state index in [2.05, 4.69) is 10.4 Å². The number of nitrogens with one attached hydrogen (secondary N) is 1. The number of anilines is 1. The first-order valence-corrected chi connectivity index (χ1v) is 11.4. The van der Waals surface area contributed by atoms with E-state index in [1.807, 2.05) is 0 Å². The maximum atomic E-state index is 13.4. The van der Waals surface area contributed by atoms with Crippen LogP contribution in [-0.2, 0) is 18.0 Å². The number of alkyl halides is 3. The van der Waals surface area contributed by atoms with Gasteiger partial charge in [0.15, 0.2) is 5.82 Å². The molecule has 1 amide bonds. The number of hydrogen-bond donors (Lipinski definition) is 1. The van der Waals surface area contributed by atoms with Crippen LogP contribution in [0.2, 0.25) is 0 Å². The van der Waals surface area contributed by atoms with E-state index in [9.17, 15) is 32.9 Å². The van der Waals surface area contributed by atoms with Gasteiger partial charge >= 0.3 is 6.18 Å². The van der Waals surface area contributed by atoms with E-state index in [4.69, 9.17) is 4.74 Å². The van der Waals surface area contributed by atoms with Crippen molar-refractivity contribution in [3.63, 3.8) is 0 Å². The highest BCUT2D eigenvalue weighted by molar-refractivity contribution is 5.92. The molecule has 3 aromatic rings. The molecule has 1 saturated heterocycles. The third-order valence-electron chi connectivity index (χ3n) is 6.25. The number of nitro benzene ring substituents is 1. The standard InChI is InChI=1S/C24H24F3N5O5/c1-13(15-8-16(24(25,26)27)10-17(9-15)32(35)36)28-22-21-11-18(4-5-20(21)23(34)30(3)29-22)37-19-6-7-31(12-19)14(2)33/h4-5,8-11,13,19H,6-7,12H2,1-3H3,(H,28,29)/t13-,19?/m1/s1. The first-order valence-electron chi connectivity index (χ1n) is 11.4. The van der Waals surface area contributed by atoms with E-state index in [1.165, 1.54) is 20.9 Å². The molecule has 1 unspecified atom stereocenters. The Morgan fingerprint density at radius 1 is 1.24 bits per heavy atom. The molecule has 10 nitrogen and oxygen atoms in total. The van der Waals surface area contributed by atoms with Crippen molar-refractivity contribution in [2.45, 2.75) is 38.6 Å². The van der Waals surface area contributed by atoms with Crippen molar-refractivity contribution in [1.82, 2.24) is 14.7 Å². The average Bonchev–Trinajstić information content (AvgIpc) is 3.30. The predicted octanol–water partition coefficient (Wildman–Crippen LogP) is 4.03. The molecule has 0 spiro atoms. The Kier molecular flexibility index (Phi) is 6.80. The van der Waals surface area contributed by atoms with Gasteiger partial charge in [0.25, 0.3) is 11.2 Å². The van der Waals surface area contributed by atoms with E-state index in [1.54, 1.807) is 23.1 Å². The van der Waals surface area contributed by atoms with E-state index in [0.717, 1.165) is 16.8 Å². The minimum absolute atomic E-state index is 0.0213. The minimum atomic E-state index is -4.77. The van der Waals surface area contributed by atoms with Gasteiger partial charge in [0.1, 0.15) is 11.9 Å². The second-order valence-corrected chi connectivity index (χ2v) is 8.91. The van der Waals surface area contributed by atoms with E-state index in [-0.39, 0.29) is 23.4 Å². The van der Waals surface area contributed by atoms with Crippen LogP contribution in [0.25, 0.3) is 10.8 Å². The molecule has 4 rings (SSSR count). The molecule has 196 valence electrons. The first-order chi connectivity index (χ1) is 17.3. The zero-order valence-electron chi connectivity index (χ0n) is 20.2. The van der Waals surface area contributed by atoms with Crippen LogP contribution in [0.1, 0.15) is 37.4 Å². The second-order valence-electron chi connectivity index (χ2n) is 8.91. The number of nitrogens with zero attached hydrogens (tertiary/aromatic N) is 4. The number of carbonyl (C=O) groups is 1. The molecule has 0 bridgehead atoms. The molecule has 1 N–H and O–H groups in total. The van der Waals surface area contributed by atoms with Gasteiger partial charge < -0.3 is 15.0 Å². The maximum Gasteiger partial charge on any atom is 0.416 e. The topological polar surface area (TPSA) is 120 Å². The lowest BCUT2D eigenvalue weighted by Crippen LogP contribution is -2.28. The molecule has 2 atom stereocenters. The third-order valence-corrected chi connectivity index (χ3v) is 6.25. The minimum Gasteiger partial charge on any atom is -0.488 e. The number of halogens is 3. The van der Waals surface area contributed by atoms with Gasteiger partial charge in [-0.05, 0) is 36.8 Å².